The Kier molecular flexibility index (Phi) is 4.68. The Morgan fingerprint density at radius 2 is 2.20 bits per heavy atom. The van der Waals surface area contributed by atoms with Crippen LogP contribution in [0.25, 0.3) is 0 Å². The van der Waals surface area contributed by atoms with Crippen molar-refractivity contribution in [1.29, 1.82) is 0 Å². The predicted molar refractivity (Wildman–Crippen MR) is 73.0 cm³/mol. The first-order valence-corrected chi connectivity index (χ1v) is 6.67. The lowest BCUT2D eigenvalue weighted by Crippen LogP contribution is -2.42. The minimum Gasteiger partial charge on any atom is -0.465 e. The van der Waals surface area contributed by atoms with Crippen molar-refractivity contribution in [2.45, 2.75) is 38.4 Å². The van der Waals surface area contributed by atoms with E-state index in [9.17, 15) is 9.59 Å². The Morgan fingerprint density at radius 1 is 1.45 bits per heavy atom. The molecule has 1 aromatic heterocycles. The van der Waals surface area contributed by atoms with E-state index in [0.29, 0.717) is 18.2 Å². The second-order valence-corrected chi connectivity index (χ2v) is 4.92. The van der Waals surface area contributed by atoms with Crippen molar-refractivity contribution in [3.05, 3.63) is 29.6 Å². The van der Waals surface area contributed by atoms with Gasteiger partial charge in [0.1, 0.15) is 0 Å². The third kappa shape index (κ3) is 4.03. The van der Waals surface area contributed by atoms with Gasteiger partial charge in [0.2, 0.25) is 5.91 Å². The number of carbonyl (C=O) groups is 2. The lowest BCUT2D eigenvalue weighted by Gasteiger charge is -2.13. The Bertz CT molecular complexity index is 483. The highest BCUT2D eigenvalue weighted by Crippen LogP contribution is 2.18. The third-order valence-electron chi connectivity index (χ3n) is 3.15. The molecule has 1 fully saturated rings. The van der Waals surface area contributed by atoms with E-state index in [4.69, 9.17) is 0 Å². The highest BCUT2D eigenvalue weighted by Gasteiger charge is 2.25. The first-order valence-electron chi connectivity index (χ1n) is 6.67. The van der Waals surface area contributed by atoms with Gasteiger partial charge >= 0.3 is 5.97 Å². The molecule has 0 aliphatic heterocycles. The van der Waals surface area contributed by atoms with E-state index in [-0.39, 0.29) is 11.9 Å². The summed E-state index contributed by atoms with van der Waals surface area (Å²) < 4.78 is 4.60. The van der Waals surface area contributed by atoms with Gasteiger partial charge < -0.3 is 15.4 Å². The van der Waals surface area contributed by atoms with Gasteiger partial charge in [0.25, 0.3) is 0 Å². The van der Waals surface area contributed by atoms with Gasteiger partial charge in [-0.1, -0.05) is 0 Å². The van der Waals surface area contributed by atoms with Crippen LogP contribution in [0.3, 0.4) is 0 Å². The van der Waals surface area contributed by atoms with Crippen LogP contribution in [0.2, 0.25) is 0 Å². The molecule has 0 spiro atoms. The van der Waals surface area contributed by atoms with E-state index in [2.05, 4.69) is 20.4 Å². The van der Waals surface area contributed by atoms with E-state index in [1.807, 2.05) is 6.92 Å². The quantitative estimate of drug-likeness (QED) is 0.745. The summed E-state index contributed by atoms with van der Waals surface area (Å²) in [5, 5.41) is 6.04. The number of methoxy groups -OCH3 is 1. The van der Waals surface area contributed by atoms with Crippen LogP contribution < -0.4 is 10.6 Å². The Balaban J connectivity index is 1.80. The first-order chi connectivity index (χ1) is 9.60. The van der Waals surface area contributed by atoms with Crippen LogP contribution in [0.1, 0.15) is 35.8 Å². The summed E-state index contributed by atoms with van der Waals surface area (Å²) in [6.45, 7) is 2.29. The van der Waals surface area contributed by atoms with Gasteiger partial charge in [-0.15, -0.1) is 0 Å². The maximum Gasteiger partial charge on any atom is 0.339 e. The van der Waals surface area contributed by atoms with Crippen LogP contribution in [0.15, 0.2) is 18.3 Å². The molecule has 1 unspecified atom stereocenters. The maximum atomic E-state index is 11.7. The molecule has 0 aromatic carbocycles. The molecule has 20 heavy (non-hydrogen) atoms. The average Bonchev–Trinajstić information content (AvgIpc) is 3.28. The number of esters is 1. The number of aromatic nitrogens is 1. The zero-order valence-electron chi connectivity index (χ0n) is 11.7. The van der Waals surface area contributed by atoms with E-state index in [1.165, 1.54) is 13.3 Å². The van der Waals surface area contributed by atoms with E-state index >= 15 is 0 Å². The Morgan fingerprint density at radius 3 is 2.75 bits per heavy atom. The van der Waals surface area contributed by atoms with Crippen molar-refractivity contribution in [2.75, 3.05) is 7.11 Å². The van der Waals surface area contributed by atoms with Crippen LogP contribution in [-0.2, 0) is 16.1 Å². The minimum absolute atomic E-state index is 0.0127. The lowest BCUT2D eigenvalue weighted by atomic mass is 10.2. The molecule has 6 nitrogen and oxygen atoms in total. The zero-order valence-corrected chi connectivity index (χ0v) is 11.7. The number of hydrogen-bond donors (Lipinski definition) is 2. The molecule has 108 valence electrons. The number of amides is 1. The number of carbonyl (C=O) groups excluding carboxylic acids is 2. The van der Waals surface area contributed by atoms with Gasteiger partial charge in [0, 0.05) is 18.8 Å². The fourth-order valence-corrected chi connectivity index (χ4v) is 1.67. The molecule has 1 aromatic rings. The fraction of sp³-hybridized carbons (Fsp3) is 0.500. The molecule has 0 radical (unpaired) electrons. The fourth-order valence-electron chi connectivity index (χ4n) is 1.67. The highest BCUT2D eigenvalue weighted by molar-refractivity contribution is 5.88. The third-order valence-corrected chi connectivity index (χ3v) is 3.15. The van der Waals surface area contributed by atoms with Crippen molar-refractivity contribution in [1.82, 2.24) is 15.6 Å². The molecule has 1 atom stereocenters. The van der Waals surface area contributed by atoms with Crippen LogP contribution in [0.5, 0.6) is 0 Å². The number of nitrogens with one attached hydrogen (secondary N) is 2. The SMILES string of the molecule is COC(=O)c1ccc(CNC(C)C(=O)NC2CC2)nc1. The standard InChI is InChI=1S/C14H19N3O3/c1-9(13(18)17-11-5-6-11)15-8-12-4-3-10(7-16-12)14(19)20-2/h3-4,7,9,11,15H,5-6,8H2,1-2H3,(H,17,18). The van der Waals surface area contributed by atoms with Crippen LogP contribution in [0.4, 0.5) is 0 Å². The molecule has 0 saturated heterocycles. The van der Waals surface area contributed by atoms with Gasteiger partial charge in [0.15, 0.2) is 0 Å². The molecule has 1 amide bonds. The van der Waals surface area contributed by atoms with Crippen LogP contribution in [0, 0.1) is 0 Å². The summed E-state index contributed by atoms with van der Waals surface area (Å²) in [6.07, 6.45) is 3.63. The second-order valence-electron chi connectivity index (χ2n) is 4.92. The minimum atomic E-state index is -0.408. The molecule has 1 heterocycles. The van der Waals surface area contributed by atoms with Gasteiger partial charge in [-0.2, -0.15) is 0 Å². The van der Waals surface area contributed by atoms with Crippen molar-refractivity contribution in [3.8, 4) is 0 Å². The van der Waals surface area contributed by atoms with Gasteiger partial charge in [-0.3, -0.25) is 9.78 Å². The summed E-state index contributed by atoms with van der Waals surface area (Å²) in [4.78, 5) is 27.2. The number of ether oxygens (including phenoxy) is 1. The molecular formula is C14H19N3O3. The number of rotatable bonds is 6. The molecular weight excluding hydrogens is 258 g/mol. The summed E-state index contributed by atoms with van der Waals surface area (Å²) in [7, 11) is 1.33. The largest absolute Gasteiger partial charge is 0.465 e. The van der Waals surface area contributed by atoms with Gasteiger partial charge in [-0.05, 0) is 31.9 Å². The number of nitrogens with zero attached hydrogens (tertiary/aromatic N) is 1. The normalized spacial score (nSPS) is 15.5. The van der Waals surface area contributed by atoms with Crippen molar-refractivity contribution in [2.24, 2.45) is 0 Å². The van der Waals surface area contributed by atoms with Crippen molar-refractivity contribution >= 4 is 11.9 Å². The zero-order chi connectivity index (χ0) is 14.5. The smallest absolute Gasteiger partial charge is 0.339 e. The van der Waals surface area contributed by atoms with Crippen LogP contribution in [-0.4, -0.2) is 36.1 Å². The van der Waals surface area contributed by atoms with E-state index in [0.717, 1.165) is 18.5 Å². The van der Waals surface area contributed by atoms with E-state index < -0.39 is 5.97 Å². The second kappa shape index (κ2) is 6.47. The predicted octanol–water partition coefficient (Wildman–Crippen LogP) is 0.625. The Labute approximate surface area is 117 Å². The van der Waals surface area contributed by atoms with Gasteiger partial charge in [-0.25, -0.2) is 4.79 Å². The molecule has 1 aliphatic carbocycles. The summed E-state index contributed by atoms with van der Waals surface area (Å²) in [5.41, 5.74) is 1.18. The summed E-state index contributed by atoms with van der Waals surface area (Å²) >= 11 is 0. The molecule has 6 heteroatoms. The topological polar surface area (TPSA) is 80.3 Å². The number of pyridine rings is 1. The molecule has 2 rings (SSSR count). The summed E-state index contributed by atoms with van der Waals surface area (Å²) in [6, 6.07) is 3.50. The monoisotopic (exact) mass is 277 g/mol. The summed E-state index contributed by atoms with van der Waals surface area (Å²) in [5.74, 6) is -0.395. The van der Waals surface area contributed by atoms with Crippen molar-refractivity contribution < 1.29 is 14.3 Å². The van der Waals surface area contributed by atoms with Crippen LogP contribution >= 0.6 is 0 Å². The first kappa shape index (κ1) is 14.5. The lowest BCUT2D eigenvalue weighted by molar-refractivity contribution is -0.122. The highest BCUT2D eigenvalue weighted by atomic mass is 16.5. The van der Waals surface area contributed by atoms with Crippen molar-refractivity contribution in [3.63, 3.8) is 0 Å². The molecule has 1 saturated carbocycles. The van der Waals surface area contributed by atoms with Gasteiger partial charge in [0.05, 0.1) is 24.4 Å². The maximum absolute atomic E-state index is 11.7. The van der Waals surface area contributed by atoms with E-state index in [1.54, 1.807) is 12.1 Å². The molecule has 1 aliphatic rings. The Hall–Kier alpha value is -1.95. The number of hydrogen-bond acceptors (Lipinski definition) is 5. The molecule has 0 bridgehead atoms. The molecule has 2 N–H and O–H groups in total. The average molecular weight is 277 g/mol.